The van der Waals surface area contributed by atoms with Crippen molar-refractivity contribution in [2.45, 2.75) is 25.3 Å². The molecule has 1 atom stereocenters. The summed E-state index contributed by atoms with van der Waals surface area (Å²) in [6.45, 7) is 1.62. The zero-order valence-electron chi connectivity index (χ0n) is 11.3. The number of hydrogen-bond acceptors (Lipinski definition) is 4. The molecular formula is C12H19ClN4O3. The van der Waals surface area contributed by atoms with Gasteiger partial charge >= 0.3 is 5.82 Å². The molecule has 0 radical (unpaired) electrons. The first-order chi connectivity index (χ1) is 9.09. The summed E-state index contributed by atoms with van der Waals surface area (Å²) in [6.07, 6.45) is 3.21. The summed E-state index contributed by atoms with van der Waals surface area (Å²) in [7, 11) is 1.52. The van der Waals surface area contributed by atoms with Crippen LogP contribution in [0.4, 0.5) is 5.82 Å². The van der Waals surface area contributed by atoms with Crippen molar-refractivity contribution in [3.05, 3.63) is 27.9 Å². The Kier molecular flexibility index (Phi) is 5.97. The molecule has 0 bridgehead atoms. The van der Waals surface area contributed by atoms with Gasteiger partial charge in [-0.15, -0.1) is 12.4 Å². The number of hydrogen-bond donors (Lipinski definition) is 2. The molecule has 1 aromatic rings. The Hall–Kier alpha value is -1.60. The van der Waals surface area contributed by atoms with Gasteiger partial charge < -0.3 is 20.7 Å². The van der Waals surface area contributed by atoms with Crippen LogP contribution in [0.3, 0.4) is 0 Å². The van der Waals surface area contributed by atoms with Gasteiger partial charge in [0.25, 0.3) is 5.91 Å². The molecule has 1 amide bonds. The van der Waals surface area contributed by atoms with Gasteiger partial charge in [0.1, 0.15) is 0 Å². The molecule has 0 aromatic carbocycles. The highest BCUT2D eigenvalue weighted by Gasteiger charge is 2.20. The van der Waals surface area contributed by atoms with Gasteiger partial charge in [0.2, 0.25) is 0 Å². The second kappa shape index (κ2) is 7.25. The SMILES string of the molecule is Cl.Cn1c(C(=O)NCC[C@H]2CCCN2)ccc1[N+](=O)[O-]. The van der Waals surface area contributed by atoms with Crippen molar-refractivity contribution < 1.29 is 9.72 Å². The number of carbonyl (C=O) groups excluding carboxylic acids is 1. The highest BCUT2D eigenvalue weighted by Crippen LogP contribution is 2.15. The van der Waals surface area contributed by atoms with Crippen molar-refractivity contribution in [3.63, 3.8) is 0 Å². The number of nitrogens with zero attached hydrogens (tertiary/aromatic N) is 2. The van der Waals surface area contributed by atoms with E-state index in [1.165, 1.54) is 30.2 Å². The van der Waals surface area contributed by atoms with Crippen LogP contribution in [0.25, 0.3) is 0 Å². The zero-order valence-corrected chi connectivity index (χ0v) is 12.1. The predicted octanol–water partition coefficient (Wildman–Crippen LogP) is 1.23. The van der Waals surface area contributed by atoms with Gasteiger partial charge in [-0.25, -0.2) is 4.57 Å². The third-order valence-corrected chi connectivity index (χ3v) is 3.46. The maximum atomic E-state index is 11.9. The van der Waals surface area contributed by atoms with Crippen molar-refractivity contribution in [3.8, 4) is 0 Å². The highest BCUT2D eigenvalue weighted by atomic mass is 35.5. The first-order valence-corrected chi connectivity index (χ1v) is 6.41. The summed E-state index contributed by atoms with van der Waals surface area (Å²) >= 11 is 0. The first kappa shape index (κ1) is 16.5. The molecule has 2 rings (SSSR count). The lowest BCUT2D eigenvalue weighted by molar-refractivity contribution is -0.391. The lowest BCUT2D eigenvalue weighted by atomic mass is 10.1. The van der Waals surface area contributed by atoms with Gasteiger partial charge in [-0.05, 0) is 36.8 Å². The number of nitro groups is 1. The van der Waals surface area contributed by atoms with E-state index in [4.69, 9.17) is 0 Å². The topological polar surface area (TPSA) is 89.2 Å². The van der Waals surface area contributed by atoms with Gasteiger partial charge in [0.15, 0.2) is 5.69 Å². The molecule has 1 aliphatic heterocycles. The number of nitrogens with one attached hydrogen (secondary N) is 2. The largest absolute Gasteiger partial charge is 0.358 e. The molecule has 8 heteroatoms. The average Bonchev–Trinajstić information content (AvgIpc) is 2.98. The van der Waals surface area contributed by atoms with E-state index in [-0.39, 0.29) is 24.1 Å². The predicted molar refractivity (Wildman–Crippen MR) is 77.3 cm³/mol. The monoisotopic (exact) mass is 302 g/mol. The van der Waals surface area contributed by atoms with E-state index in [0.29, 0.717) is 18.3 Å². The molecule has 0 spiro atoms. The molecule has 0 aliphatic carbocycles. The molecule has 20 heavy (non-hydrogen) atoms. The Balaban J connectivity index is 0.00000200. The molecule has 2 N–H and O–H groups in total. The van der Waals surface area contributed by atoms with Gasteiger partial charge in [0.05, 0.1) is 7.05 Å². The molecule has 2 heterocycles. The third kappa shape index (κ3) is 3.71. The Labute approximate surface area is 123 Å². The maximum Gasteiger partial charge on any atom is 0.323 e. The van der Waals surface area contributed by atoms with E-state index in [1.54, 1.807) is 0 Å². The van der Waals surface area contributed by atoms with Crippen LogP contribution in [-0.4, -0.2) is 34.5 Å². The quantitative estimate of drug-likeness (QED) is 0.632. The maximum absolute atomic E-state index is 11.9. The second-order valence-corrected chi connectivity index (χ2v) is 4.73. The Bertz CT molecular complexity index is 483. The average molecular weight is 303 g/mol. The van der Waals surface area contributed by atoms with E-state index >= 15 is 0 Å². The van der Waals surface area contributed by atoms with E-state index < -0.39 is 4.92 Å². The molecule has 1 aliphatic rings. The number of halogens is 1. The molecule has 1 aromatic heterocycles. The summed E-state index contributed by atoms with van der Waals surface area (Å²) in [5.74, 6) is -0.351. The van der Waals surface area contributed by atoms with Crippen LogP contribution < -0.4 is 10.6 Å². The molecule has 1 fully saturated rings. The summed E-state index contributed by atoms with van der Waals surface area (Å²) in [5, 5.41) is 16.8. The summed E-state index contributed by atoms with van der Waals surface area (Å²) in [4.78, 5) is 22.1. The van der Waals surface area contributed by atoms with Crippen molar-refractivity contribution in [1.82, 2.24) is 15.2 Å². The van der Waals surface area contributed by atoms with Crippen LogP contribution in [0.1, 0.15) is 29.8 Å². The van der Waals surface area contributed by atoms with Crippen LogP contribution in [-0.2, 0) is 7.05 Å². The molecule has 0 saturated carbocycles. The fourth-order valence-electron chi connectivity index (χ4n) is 2.37. The number of aromatic nitrogens is 1. The smallest absolute Gasteiger partial charge is 0.323 e. The van der Waals surface area contributed by atoms with Crippen molar-refractivity contribution in [2.75, 3.05) is 13.1 Å². The minimum Gasteiger partial charge on any atom is -0.358 e. The normalized spacial score (nSPS) is 17.6. The van der Waals surface area contributed by atoms with E-state index in [9.17, 15) is 14.9 Å². The molecule has 0 unspecified atom stereocenters. The van der Waals surface area contributed by atoms with Crippen LogP contribution in [0, 0.1) is 10.1 Å². The van der Waals surface area contributed by atoms with Crippen molar-refractivity contribution >= 4 is 24.1 Å². The van der Waals surface area contributed by atoms with Crippen molar-refractivity contribution in [2.24, 2.45) is 7.05 Å². The standard InChI is InChI=1S/C12H18N4O3.ClH/c1-15-10(4-5-11(15)16(18)19)12(17)14-8-6-9-3-2-7-13-9;/h4-5,9,13H,2-3,6-8H2,1H3,(H,14,17);1H/t9-;/m1./s1. The Morgan fingerprint density at radius 3 is 2.90 bits per heavy atom. The minimum atomic E-state index is -0.501. The number of rotatable bonds is 5. The lowest BCUT2D eigenvalue weighted by Gasteiger charge is -2.10. The second-order valence-electron chi connectivity index (χ2n) is 4.73. The van der Waals surface area contributed by atoms with E-state index in [2.05, 4.69) is 10.6 Å². The fourth-order valence-corrected chi connectivity index (χ4v) is 2.37. The number of amides is 1. The zero-order chi connectivity index (χ0) is 13.8. The lowest BCUT2D eigenvalue weighted by Crippen LogP contribution is -2.31. The van der Waals surface area contributed by atoms with E-state index in [1.807, 2.05) is 0 Å². The number of carbonyl (C=O) groups is 1. The molecule has 112 valence electrons. The molecule has 1 saturated heterocycles. The van der Waals surface area contributed by atoms with Gasteiger partial charge in [-0.3, -0.25) is 4.79 Å². The van der Waals surface area contributed by atoms with Gasteiger partial charge in [0, 0.05) is 18.7 Å². The van der Waals surface area contributed by atoms with Crippen LogP contribution in [0.2, 0.25) is 0 Å². The Morgan fingerprint density at radius 2 is 2.35 bits per heavy atom. The summed E-state index contributed by atoms with van der Waals surface area (Å²) < 4.78 is 1.29. The fraction of sp³-hybridized carbons (Fsp3) is 0.583. The van der Waals surface area contributed by atoms with Gasteiger partial charge in [-0.1, -0.05) is 0 Å². The van der Waals surface area contributed by atoms with Crippen LogP contribution in [0.15, 0.2) is 12.1 Å². The van der Waals surface area contributed by atoms with Crippen LogP contribution in [0.5, 0.6) is 0 Å². The molecular weight excluding hydrogens is 284 g/mol. The third-order valence-electron chi connectivity index (χ3n) is 3.46. The van der Waals surface area contributed by atoms with Crippen LogP contribution >= 0.6 is 12.4 Å². The minimum absolute atomic E-state index is 0. The highest BCUT2D eigenvalue weighted by molar-refractivity contribution is 5.93. The summed E-state index contributed by atoms with van der Waals surface area (Å²) in [6, 6.07) is 3.29. The van der Waals surface area contributed by atoms with E-state index in [0.717, 1.165) is 19.4 Å². The van der Waals surface area contributed by atoms with Gasteiger partial charge in [-0.2, -0.15) is 0 Å². The first-order valence-electron chi connectivity index (χ1n) is 6.41. The summed E-state index contributed by atoms with van der Waals surface area (Å²) in [5.41, 5.74) is 0.311. The Morgan fingerprint density at radius 1 is 1.60 bits per heavy atom. The molecule has 7 nitrogen and oxygen atoms in total. The van der Waals surface area contributed by atoms with Crippen molar-refractivity contribution in [1.29, 1.82) is 0 Å².